The van der Waals surface area contributed by atoms with Crippen molar-refractivity contribution in [3.8, 4) is 0 Å². The van der Waals surface area contributed by atoms with Crippen LogP contribution in [0.4, 0.5) is 0 Å². The monoisotopic (exact) mass is 332 g/mol. The normalized spacial score (nSPS) is 19.5. The fourth-order valence-electron chi connectivity index (χ4n) is 2.36. The lowest BCUT2D eigenvalue weighted by Crippen LogP contribution is -2.38. The highest BCUT2D eigenvalue weighted by molar-refractivity contribution is 7.91. The summed E-state index contributed by atoms with van der Waals surface area (Å²) in [4.78, 5) is 0.108. The predicted octanol–water partition coefficient (Wildman–Crippen LogP) is 0.0433. The number of benzene rings is 1. The molecule has 3 N–H and O–H groups in total. The van der Waals surface area contributed by atoms with Crippen LogP contribution in [0.1, 0.15) is 18.4 Å². The van der Waals surface area contributed by atoms with Gasteiger partial charge in [0.2, 0.25) is 10.0 Å². The quantitative estimate of drug-likeness (QED) is 0.792. The zero-order chi connectivity index (χ0) is 15.5. The summed E-state index contributed by atoms with van der Waals surface area (Å²) in [5.41, 5.74) is 1.01. The molecule has 0 amide bonds. The van der Waals surface area contributed by atoms with Crippen LogP contribution in [-0.2, 0) is 26.3 Å². The minimum atomic E-state index is -3.64. The van der Waals surface area contributed by atoms with Crippen molar-refractivity contribution in [3.05, 3.63) is 29.8 Å². The lowest BCUT2D eigenvalue weighted by molar-refractivity contribution is 0.466. The fourth-order valence-corrected chi connectivity index (χ4v) is 4.37. The Hall–Kier alpha value is -0.960. The minimum absolute atomic E-state index is 0.108. The molecule has 118 valence electrons. The number of hydrogen-bond acceptors (Lipinski definition) is 5. The van der Waals surface area contributed by atoms with Gasteiger partial charge in [0.15, 0.2) is 0 Å². The van der Waals surface area contributed by atoms with Crippen LogP contribution in [0, 0.1) is 0 Å². The van der Waals surface area contributed by atoms with Gasteiger partial charge in [0.1, 0.15) is 9.84 Å². The van der Waals surface area contributed by atoms with Gasteiger partial charge in [-0.1, -0.05) is 12.1 Å². The van der Waals surface area contributed by atoms with Crippen LogP contribution in [0.3, 0.4) is 0 Å². The highest BCUT2D eigenvalue weighted by Gasteiger charge is 2.22. The van der Waals surface area contributed by atoms with Crippen molar-refractivity contribution in [1.82, 2.24) is 5.32 Å². The molecule has 0 spiro atoms. The average Bonchev–Trinajstić information content (AvgIpc) is 2.40. The van der Waals surface area contributed by atoms with E-state index in [1.54, 1.807) is 12.1 Å². The zero-order valence-corrected chi connectivity index (χ0v) is 13.3. The summed E-state index contributed by atoms with van der Waals surface area (Å²) in [6, 6.07) is 6.73. The molecule has 0 radical (unpaired) electrons. The maximum Gasteiger partial charge on any atom is 0.238 e. The van der Waals surface area contributed by atoms with Gasteiger partial charge in [-0.15, -0.1) is 0 Å². The molecule has 21 heavy (non-hydrogen) atoms. The molecule has 0 aromatic heterocycles. The topological polar surface area (TPSA) is 106 Å². The average molecular weight is 332 g/mol. The molecule has 0 atom stereocenters. The molecule has 0 bridgehead atoms. The Morgan fingerprint density at radius 3 is 2.24 bits per heavy atom. The van der Waals surface area contributed by atoms with E-state index < -0.39 is 19.9 Å². The highest BCUT2D eigenvalue weighted by atomic mass is 32.2. The smallest absolute Gasteiger partial charge is 0.238 e. The van der Waals surface area contributed by atoms with Crippen LogP contribution in [-0.4, -0.2) is 40.9 Å². The van der Waals surface area contributed by atoms with E-state index in [-0.39, 0.29) is 22.4 Å². The lowest BCUT2D eigenvalue weighted by atomic mass is 10.1. The van der Waals surface area contributed by atoms with Crippen molar-refractivity contribution >= 4 is 19.9 Å². The molecule has 2 rings (SSSR count). The summed E-state index contributed by atoms with van der Waals surface area (Å²) in [7, 11) is -6.46. The molecular formula is C13H20N2O4S2. The first-order valence-electron chi connectivity index (χ1n) is 6.82. The molecule has 1 saturated heterocycles. The number of hydrogen-bond donors (Lipinski definition) is 2. The molecule has 1 aliphatic rings. The standard InChI is InChI=1S/C13H20N2O4S2/c14-21(18,19)13-3-1-11(2-4-13)5-8-15-12-6-9-20(16,17)10-7-12/h1-4,12,15H,5-10H2,(H2,14,18,19). The van der Waals surface area contributed by atoms with Crippen molar-refractivity contribution in [2.24, 2.45) is 5.14 Å². The number of primary sulfonamides is 1. The van der Waals surface area contributed by atoms with E-state index in [1.165, 1.54) is 12.1 Å². The third-order valence-corrected chi connectivity index (χ3v) is 6.30. The fraction of sp³-hybridized carbons (Fsp3) is 0.538. The molecule has 1 heterocycles. The number of nitrogens with two attached hydrogens (primary N) is 1. The van der Waals surface area contributed by atoms with Crippen molar-refractivity contribution in [2.45, 2.75) is 30.2 Å². The summed E-state index contributed by atoms with van der Waals surface area (Å²) in [5, 5.41) is 8.38. The van der Waals surface area contributed by atoms with Gasteiger partial charge in [-0.2, -0.15) is 0 Å². The summed E-state index contributed by atoms with van der Waals surface area (Å²) in [6.07, 6.45) is 2.08. The SMILES string of the molecule is NS(=O)(=O)c1ccc(CCNC2CCS(=O)(=O)CC2)cc1. The number of nitrogens with one attached hydrogen (secondary N) is 1. The molecule has 1 fully saturated rings. The van der Waals surface area contributed by atoms with Gasteiger partial charge in [0, 0.05) is 6.04 Å². The number of rotatable bonds is 5. The van der Waals surface area contributed by atoms with E-state index in [9.17, 15) is 16.8 Å². The van der Waals surface area contributed by atoms with Gasteiger partial charge in [-0.05, 0) is 43.5 Å². The summed E-state index contributed by atoms with van der Waals surface area (Å²) < 4.78 is 44.9. The van der Waals surface area contributed by atoms with Crippen molar-refractivity contribution in [3.63, 3.8) is 0 Å². The second kappa shape index (κ2) is 6.43. The van der Waals surface area contributed by atoms with Crippen LogP contribution in [0.25, 0.3) is 0 Å². The van der Waals surface area contributed by atoms with E-state index in [4.69, 9.17) is 5.14 Å². The largest absolute Gasteiger partial charge is 0.314 e. The van der Waals surface area contributed by atoms with E-state index in [1.807, 2.05) is 0 Å². The molecule has 0 aliphatic carbocycles. The Labute approximate surface area is 125 Å². The number of sulfonamides is 1. The Kier molecular flexibility index (Phi) is 5.03. The number of sulfone groups is 1. The highest BCUT2D eigenvalue weighted by Crippen LogP contribution is 2.13. The van der Waals surface area contributed by atoms with Gasteiger partial charge < -0.3 is 5.32 Å². The van der Waals surface area contributed by atoms with E-state index >= 15 is 0 Å². The van der Waals surface area contributed by atoms with Gasteiger partial charge in [-0.3, -0.25) is 0 Å². The predicted molar refractivity (Wildman–Crippen MR) is 81.2 cm³/mol. The van der Waals surface area contributed by atoms with Crippen LogP contribution >= 0.6 is 0 Å². The van der Waals surface area contributed by atoms with Crippen molar-refractivity contribution in [2.75, 3.05) is 18.1 Å². The third kappa shape index (κ3) is 5.06. The van der Waals surface area contributed by atoms with Gasteiger partial charge in [0.25, 0.3) is 0 Å². The Balaban J connectivity index is 1.79. The summed E-state index contributed by atoms with van der Waals surface area (Å²) >= 11 is 0. The Bertz CT molecular complexity index is 667. The zero-order valence-electron chi connectivity index (χ0n) is 11.7. The van der Waals surface area contributed by atoms with Crippen LogP contribution in [0.5, 0.6) is 0 Å². The molecule has 0 unspecified atom stereocenters. The van der Waals surface area contributed by atoms with E-state index in [2.05, 4.69) is 5.32 Å². The molecular weight excluding hydrogens is 312 g/mol. The second-order valence-corrected chi connectivity index (χ2v) is 9.18. The lowest BCUT2D eigenvalue weighted by Gasteiger charge is -2.23. The summed E-state index contributed by atoms with van der Waals surface area (Å²) in [5.74, 6) is 0.515. The first kappa shape index (κ1) is 16.4. The van der Waals surface area contributed by atoms with Crippen molar-refractivity contribution in [1.29, 1.82) is 0 Å². The molecule has 1 aliphatic heterocycles. The van der Waals surface area contributed by atoms with E-state index in [0.717, 1.165) is 18.5 Å². The first-order valence-corrected chi connectivity index (χ1v) is 10.2. The first-order chi connectivity index (χ1) is 9.76. The third-order valence-electron chi connectivity index (χ3n) is 3.65. The minimum Gasteiger partial charge on any atom is -0.314 e. The molecule has 1 aromatic rings. The van der Waals surface area contributed by atoms with Gasteiger partial charge in [0.05, 0.1) is 16.4 Å². The van der Waals surface area contributed by atoms with Gasteiger partial charge >= 0.3 is 0 Å². The Morgan fingerprint density at radius 2 is 1.71 bits per heavy atom. The van der Waals surface area contributed by atoms with Crippen LogP contribution in [0.2, 0.25) is 0 Å². The van der Waals surface area contributed by atoms with Crippen molar-refractivity contribution < 1.29 is 16.8 Å². The molecule has 8 heteroatoms. The molecule has 6 nitrogen and oxygen atoms in total. The summed E-state index contributed by atoms with van der Waals surface area (Å²) in [6.45, 7) is 0.736. The molecule has 0 saturated carbocycles. The van der Waals surface area contributed by atoms with E-state index in [0.29, 0.717) is 12.8 Å². The second-order valence-electron chi connectivity index (χ2n) is 5.32. The van der Waals surface area contributed by atoms with Crippen LogP contribution in [0.15, 0.2) is 29.2 Å². The van der Waals surface area contributed by atoms with Crippen LogP contribution < -0.4 is 10.5 Å². The Morgan fingerprint density at radius 1 is 1.14 bits per heavy atom. The molecule has 1 aromatic carbocycles. The van der Waals surface area contributed by atoms with Gasteiger partial charge in [-0.25, -0.2) is 22.0 Å². The maximum absolute atomic E-state index is 11.3. The maximum atomic E-state index is 11.3.